The van der Waals surface area contributed by atoms with Gasteiger partial charge in [-0.2, -0.15) is 0 Å². The second kappa shape index (κ2) is 4.70. The molecule has 2 aromatic rings. The van der Waals surface area contributed by atoms with Crippen LogP contribution in [0.5, 0.6) is 0 Å². The van der Waals surface area contributed by atoms with E-state index in [4.69, 9.17) is 0 Å². The first-order valence-electron chi connectivity index (χ1n) is 7.30. The molecule has 0 radical (unpaired) electrons. The van der Waals surface area contributed by atoms with Crippen LogP contribution in [0.4, 0.5) is 5.82 Å². The summed E-state index contributed by atoms with van der Waals surface area (Å²) in [5.41, 5.74) is 0.588. The normalized spacial score (nSPS) is 25.2. The van der Waals surface area contributed by atoms with Gasteiger partial charge >= 0.3 is 5.97 Å². The quantitative estimate of drug-likeness (QED) is 0.758. The molecule has 110 valence electrons. The Morgan fingerprint density at radius 3 is 3.14 bits per heavy atom. The number of hydrogen-bond acceptors (Lipinski definition) is 5. The molecule has 0 aromatic carbocycles. The van der Waals surface area contributed by atoms with Gasteiger partial charge in [0.2, 0.25) is 5.82 Å². The number of carboxylic acid groups (broad SMARTS) is 1. The van der Waals surface area contributed by atoms with Crippen LogP contribution < -0.4 is 10.2 Å². The third-order valence-corrected chi connectivity index (χ3v) is 4.59. The molecule has 2 fully saturated rings. The van der Waals surface area contributed by atoms with Crippen molar-refractivity contribution in [2.45, 2.75) is 18.9 Å². The molecule has 4 heterocycles. The lowest BCUT2D eigenvalue weighted by molar-refractivity contribution is 0.0684. The number of nitrogens with one attached hydrogen (secondary N) is 2. The van der Waals surface area contributed by atoms with Gasteiger partial charge in [0.25, 0.3) is 0 Å². The Kier molecular flexibility index (Phi) is 2.81. The molecule has 4 rings (SSSR count). The number of aromatic nitrogens is 3. The van der Waals surface area contributed by atoms with Crippen LogP contribution in [0.1, 0.15) is 23.5 Å². The standard InChI is InChI=1S/C14H17N5O2/c20-14(21)12-17-11-9(2-5-16-11)13(18-12)19-6-3-8-1-4-15-7-10(8)19/h2,5,8,10,15H,1,3-4,6-7H2,(H,20,21)(H,16,17,18)/t8-,10-/m1/s1. The van der Waals surface area contributed by atoms with Crippen molar-refractivity contribution in [2.24, 2.45) is 5.92 Å². The zero-order valence-corrected chi connectivity index (χ0v) is 11.5. The van der Waals surface area contributed by atoms with Crippen LogP contribution in [0, 0.1) is 5.92 Å². The number of carboxylic acids is 1. The zero-order valence-electron chi connectivity index (χ0n) is 11.5. The molecular weight excluding hydrogens is 270 g/mol. The maximum absolute atomic E-state index is 11.2. The lowest BCUT2D eigenvalue weighted by atomic mass is 9.93. The van der Waals surface area contributed by atoms with Gasteiger partial charge in [-0.15, -0.1) is 0 Å². The summed E-state index contributed by atoms with van der Waals surface area (Å²) < 4.78 is 0. The number of H-pyrrole nitrogens is 1. The zero-order chi connectivity index (χ0) is 14.4. The van der Waals surface area contributed by atoms with Gasteiger partial charge in [0.05, 0.1) is 5.39 Å². The SMILES string of the molecule is O=C(O)c1nc(N2CC[C@H]3CCNC[C@H]32)c2cc[nH]c2n1. The lowest BCUT2D eigenvalue weighted by Gasteiger charge is -2.33. The van der Waals surface area contributed by atoms with Crippen LogP contribution in [0.15, 0.2) is 12.3 Å². The van der Waals surface area contributed by atoms with Crippen molar-refractivity contribution in [1.29, 1.82) is 0 Å². The van der Waals surface area contributed by atoms with Crippen LogP contribution in [-0.4, -0.2) is 51.7 Å². The number of carbonyl (C=O) groups is 1. The predicted molar refractivity (Wildman–Crippen MR) is 77.6 cm³/mol. The maximum Gasteiger partial charge on any atom is 0.374 e. The van der Waals surface area contributed by atoms with Gasteiger partial charge in [-0.3, -0.25) is 0 Å². The molecule has 7 nitrogen and oxygen atoms in total. The van der Waals surface area contributed by atoms with E-state index in [2.05, 4.69) is 25.2 Å². The van der Waals surface area contributed by atoms with E-state index in [-0.39, 0.29) is 5.82 Å². The van der Waals surface area contributed by atoms with Crippen LogP contribution in [0.3, 0.4) is 0 Å². The maximum atomic E-state index is 11.2. The summed E-state index contributed by atoms with van der Waals surface area (Å²) in [4.78, 5) is 24.9. The van der Waals surface area contributed by atoms with Crippen LogP contribution >= 0.6 is 0 Å². The third-order valence-electron chi connectivity index (χ3n) is 4.59. The van der Waals surface area contributed by atoms with Crippen LogP contribution in [0.25, 0.3) is 11.0 Å². The minimum atomic E-state index is -1.09. The highest BCUT2D eigenvalue weighted by atomic mass is 16.4. The van der Waals surface area contributed by atoms with Crippen molar-refractivity contribution in [3.8, 4) is 0 Å². The van der Waals surface area contributed by atoms with Crippen molar-refractivity contribution in [3.05, 3.63) is 18.1 Å². The van der Waals surface area contributed by atoms with Gasteiger partial charge in [0.1, 0.15) is 11.5 Å². The molecule has 0 aliphatic carbocycles. The van der Waals surface area contributed by atoms with Gasteiger partial charge in [0.15, 0.2) is 0 Å². The van der Waals surface area contributed by atoms with Gasteiger partial charge in [-0.05, 0) is 31.4 Å². The smallest absolute Gasteiger partial charge is 0.374 e. The second-order valence-corrected chi connectivity index (χ2v) is 5.72. The first kappa shape index (κ1) is 12.6. The summed E-state index contributed by atoms with van der Waals surface area (Å²) in [7, 11) is 0. The summed E-state index contributed by atoms with van der Waals surface area (Å²) >= 11 is 0. The number of fused-ring (bicyclic) bond motifs is 2. The molecule has 2 aromatic heterocycles. The third kappa shape index (κ3) is 1.96. The first-order valence-corrected chi connectivity index (χ1v) is 7.30. The molecule has 2 aliphatic heterocycles. The van der Waals surface area contributed by atoms with Crippen LogP contribution in [0.2, 0.25) is 0 Å². The number of piperidine rings is 1. The second-order valence-electron chi connectivity index (χ2n) is 5.72. The van der Waals surface area contributed by atoms with Crippen molar-refractivity contribution in [2.75, 3.05) is 24.5 Å². The largest absolute Gasteiger partial charge is 0.475 e. The predicted octanol–water partition coefficient (Wildman–Crippen LogP) is 0.844. The van der Waals surface area contributed by atoms with E-state index in [0.717, 1.165) is 37.3 Å². The summed E-state index contributed by atoms with van der Waals surface area (Å²) in [5, 5.41) is 13.5. The number of aromatic amines is 1. The van der Waals surface area contributed by atoms with E-state index in [1.54, 1.807) is 6.20 Å². The minimum Gasteiger partial charge on any atom is -0.475 e. The highest BCUT2D eigenvalue weighted by Gasteiger charge is 2.37. The van der Waals surface area contributed by atoms with Crippen molar-refractivity contribution < 1.29 is 9.90 Å². The molecule has 3 N–H and O–H groups in total. The number of nitrogens with zero attached hydrogens (tertiary/aromatic N) is 3. The highest BCUT2D eigenvalue weighted by molar-refractivity contribution is 5.92. The molecular formula is C14H17N5O2. The summed E-state index contributed by atoms with van der Waals surface area (Å²) in [6.45, 7) is 2.93. The Hall–Kier alpha value is -2.15. The molecule has 0 bridgehead atoms. The lowest BCUT2D eigenvalue weighted by Crippen LogP contribution is -2.46. The van der Waals surface area contributed by atoms with E-state index < -0.39 is 5.97 Å². The summed E-state index contributed by atoms with van der Waals surface area (Å²) in [6, 6.07) is 2.31. The fraction of sp³-hybridized carbons (Fsp3) is 0.500. The molecule has 21 heavy (non-hydrogen) atoms. The Bertz CT molecular complexity index is 698. The fourth-order valence-electron chi connectivity index (χ4n) is 3.57. The van der Waals surface area contributed by atoms with E-state index in [1.165, 1.54) is 6.42 Å². The molecule has 2 atom stereocenters. The number of rotatable bonds is 2. The number of anilines is 1. The number of aromatic carboxylic acids is 1. The minimum absolute atomic E-state index is 0.146. The monoisotopic (exact) mass is 287 g/mol. The molecule has 2 saturated heterocycles. The summed E-state index contributed by atoms with van der Waals surface area (Å²) in [5.74, 6) is 0.177. The fourth-order valence-corrected chi connectivity index (χ4v) is 3.57. The average molecular weight is 287 g/mol. The van der Waals surface area contributed by atoms with Gasteiger partial charge in [-0.25, -0.2) is 14.8 Å². The topological polar surface area (TPSA) is 94.1 Å². The Balaban J connectivity index is 1.81. The van der Waals surface area contributed by atoms with E-state index >= 15 is 0 Å². The molecule has 0 saturated carbocycles. The van der Waals surface area contributed by atoms with Gasteiger partial charge in [-0.1, -0.05) is 0 Å². The van der Waals surface area contributed by atoms with E-state index in [1.807, 2.05) is 6.07 Å². The summed E-state index contributed by atoms with van der Waals surface area (Å²) in [6.07, 6.45) is 4.10. The van der Waals surface area contributed by atoms with Crippen molar-refractivity contribution >= 4 is 22.8 Å². The molecule has 2 aliphatic rings. The highest BCUT2D eigenvalue weighted by Crippen LogP contribution is 2.35. The Morgan fingerprint density at radius 2 is 2.29 bits per heavy atom. The number of hydrogen-bond donors (Lipinski definition) is 3. The average Bonchev–Trinajstić information content (AvgIpc) is 3.12. The van der Waals surface area contributed by atoms with E-state index in [9.17, 15) is 9.90 Å². The Labute approximate surface area is 121 Å². The van der Waals surface area contributed by atoms with Crippen molar-refractivity contribution in [3.63, 3.8) is 0 Å². The molecule has 0 amide bonds. The molecule has 0 unspecified atom stereocenters. The van der Waals surface area contributed by atoms with Crippen LogP contribution in [-0.2, 0) is 0 Å². The molecule has 7 heteroatoms. The first-order chi connectivity index (χ1) is 10.2. The van der Waals surface area contributed by atoms with Gasteiger partial charge in [0, 0.05) is 25.3 Å². The molecule has 0 spiro atoms. The van der Waals surface area contributed by atoms with E-state index in [0.29, 0.717) is 17.6 Å². The van der Waals surface area contributed by atoms with Gasteiger partial charge < -0.3 is 20.3 Å². The van der Waals surface area contributed by atoms with Crippen molar-refractivity contribution in [1.82, 2.24) is 20.3 Å². The Morgan fingerprint density at radius 1 is 1.38 bits per heavy atom.